The van der Waals surface area contributed by atoms with Crippen LogP contribution in [0.3, 0.4) is 0 Å². The number of hydrogen-bond acceptors (Lipinski definition) is 2. The molecule has 0 radical (unpaired) electrons. The van der Waals surface area contributed by atoms with Crippen LogP contribution in [0.5, 0.6) is 0 Å². The van der Waals surface area contributed by atoms with Gasteiger partial charge in [-0.25, -0.2) is 0 Å². The summed E-state index contributed by atoms with van der Waals surface area (Å²) in [5.41, 5.74) is 2.44. The molecule has 0 saturated carbocycles. The summed E-state index contributed by atoms with van der Waals surface area (Å²) < 4.78 is 0. The largest absolute Gasteiger partial charge is 0.302 e. The van der Waals surface area contributed by atoms with Gasteiger partial charge in [0.25, 0.3) is 0 Å². The number of aryl methyl sites for hydroxylation is 1. The van der Waals surface area contributed by atoms with Gasteiger partial charge < -0.3 is 4.90 Å². The molecule has 1 fully saturated rings. The third-order valence-electron chi connectivity index (χ3n) is 3.94. The zero-order chi connectivity index (χ0) is 13.0. The third-order valence-corrected chi connectivity index (χ3v) is 3.94. The molecule has 0 aromatic heterocycles. The normalized spacial score (nSPS) is 18.6. The number of nitrogens with zero attached hydrogens (tertiary/aromatic N) is 1. The van der Waals surface area contributed by atoms with Crippen molar-refractivity contribution in [1.82, 2.24) is 4.90 Å². The highest BCUT2D eigenvalue weighted by Crippen LogP contribution is 2.23. The van der Waals surface area contributed by atoms with Crippen LogP contribution in [0.1, 0.15) is 43.2 Å². The van der Waals surface area contributed by atoms with Crippen molar-refractivity contribution >= 4 is 5.78 Å². The van der Waals surface area contributed by atoms with Crippen molar-refractivity contribution < 1.29 is 4.79 Å². The van der Waals surface area contributed by atoms with Gasteiger partial charge in [-0.15, -0.1) is 0 Å². The number of carbonyl (C=O) groups excluding carboxylic acids is 1. The van der Waals surface area contributed by atoms with Crippen molar-refractivity contribution in [2.24, 2.45) is 0 Å². The number of ketones is 1. The summed E-state index contributed by atoms with van der Waals surface area (Å²) in [6.45, 7) is 7.01. The Labute approximate surface area is 110 Å². The maximum Gasteiger partial charge on any atom is 0.138 e. The van der Waals surface area contributed by atoms with Crippen LogP contribution in [-0.2, 0) is 4.79 Å². The van der Waals surface area contributed by atoms with Crippen LogP contribution < -0.4 is 0 Å². The smallest absolute Gasteiger partial charge is 0.138 e. The minimum atomic E-state index is 0.0456. The second-order valence-corrected chi connectivity index (χ2v) is 5.38. The fourth-order valence-corrected chi connectivity index (χ4v) is 2.82. The molecule has 2 nitrogen and oxygen atoms in total. The molecule has 1 aliphatic heterocycles. The summed E-state index contributed by atoms with van der Waals surface area (Å²) in [6.07, 6.45) is 3.89. The predicted molar refractivity (Wildman–Crippen MR) is 74.9 cm³/mol. The lowest BCUT2D eigenvalue weighted by Gasteiger charge is -2.30. The molecule has 0 amide bonds. The predicted octanol–water partition coefficient (Wildman–Crippen LogP) is 3.15. The molecule has 2 rings (SSSR count). The zero-order valence-electron chi connectivity index (χ0n) is 11.5. The van der Waals surface area contributed by atoms with E-state index in [2.05, 4.69) is 24.0 Å². The lowest BCUT2D eigenvalue weighted by Crippen LogP contribution is -2.35. The van der Waals surface area contributed by atoms with E-state index < -0.39 is 0 Å². The van der Waals surface area contributed by atoms with Gasteiger partial charge in [0.05, 0.1) is 5.92 Å². The molecule has 0 spiro atoms. The fourth-order valence-electron chi connectivity index (χ4n) is 2.82. The first-order chi connectivity index (χ1) is 8.68. The van der Waals surface area contributed by atoms with Crippen LogP contribution in [0.4, 0.5) is 0 Å². The first-order valence-electron chi connectivity index (χ1n) is 6.97. The minimum absolute atomic E-state index is 0.0456. The highest BCUT2D eigenvalue weighted by atomic mass is 16.1. The van der Waals surface area contributed by atoms with Crippen LogP contribution in [-0.4, -0.2) is 30.3 Å². The molecular formula is C16H23NO. The van der Waals surface area contributed by atoms with E-state index in [1.165, 1.54) is 30.4 Å². The second-order valence-electron chi connectivity index (χ2n) is 5.38. The van der Waals surface area contributed by atoms with Crippen LogP contribution in [0.2, 0.25) is 0 Å². The average molecular weight is 245 g/mol. The van der Waals surface area contributed by atoms with Gasteiger partial charge in [0.15, 0.2) is 0 Å². The summed E-state index contributed by atoms with van der Waals surface area (Å²) in [5, 5.41) is 0. The van der Waals surface area contributed by atoms with E-state index in [1.54, 1.807) is 6.92 Å². The topological polar surface area (TPSA) is 20.3 Å². The standard InChI is InChI=1S/C16H23NO/c1-13-8-4-5-9-15(13)16(14(2)18)12-17-10-6-3-7-11-17/h4-5,8-9,16H,3,6-7,10-12H2,1-2H3. The Kier molecular flexibility index (Phi) is 4.54. The van der Waals surface area contributed by atoms with Crippen molar-refractivity contribution in [2.45, 2.75) is 39.0 Å². The average Bonchev–Trinajstić information content (AvgIpc) is 2.38. The molecule has 2 heteroatoms. The minimum Gasteiger partial charge on any atom is -0.302 e. The molecule has 1 aromatic rings. The Bertz CT molecular complexity index is 407. The SMILES string of the molecule is CC(=O)C(CN1CCCCC1)c1ccccc1C. The van der Waals surface area contributed by atoms with E-state index >= 15 is 0 Å². The number of piperidine rings is 1. The summed E-state index contributed by atoms with van der Waals surface area (Å²) in [7, 11) is 0. The Balaban J connectivity index is 2.13. The highest BCUT2D eigenvalue weighted by Gasteiger charge is 2.22. The Hall–Kier alpha value is -1.15. The molecule has 1 aliphatic rings. The number of hydrogen-bond donors (Lipinski definition) is 0. The number of rotatable bonds is 4. The van der Waals surface area contributed by atoms with Crippen LogP contribution >= 0.6 is 0 Å². The van der Waals surface area contributed by atoms with Crippen molar-refractivity contribution in [2.75, 3.05) is 19.6 Å². The van der Waals surface area contributed by atoms with Crippen LogP contribution in [0.15, 0.2) is 24.3 Å². The van der Waals surface area contributed by atoms with Crippen LogP contribution in [0.25, 0.3) is 0 Å². The van der Waals surface area contributed by atoms with Crippen molar-refractivity contribution in [3.63, 3.8) is 0 Å². The summed E-state index contributed by atoms with van der Waals surface area (Å²) in [4.78, 5) is 14.4. The van der Waals surface area contributed by atoms with Gasteiger partial charge in [-0.1, -0.05) is 30.7 Å². The van der Waals surface area contributed by atoms with Gasteiger partial charge in [0.2, 0.25) is 0 Å². The number of benzene rings is 1. The molecule has 18 heavy (non-hydrogen) atoms. The lowest BCUT2D eigenvalue weighted by atomic mass is 9.91. The molecule has 0 aliphatic carbocycles. The molecular weight excluding hydrogens is 222 g/mol. The zero-order valence-corrected chi connectivity index (χ0v) is 11.5. The highest BCUT2D eigenvalue weighted by molar-refractivity contribution is 5.84. The molecule has 1 atom stereocenters. The van der Waals surface area contributed by atoms with E-state index in [9.17, 15) is 4.79 Å². The maximum atomic E-state index is 11.9. The summed E-state index contributed by atoms with van der Waals surface area (Å²) >= 11 is 0. The molecule has 0 bridgehead atoms. The maximum absolute atomic E-state index is 11.9. The number of likely N-dealkylation sites (tertiary alicyclic amines) is 1. The van der Waals surface area contributed by atoms with Crippen molar-refractivity contribution in [3.8, 4) is 0 Å². The number of carbonyl (C=O) groups is 1. The van der Waals surface area contributed by atoms with E-state index in [0.717, 1.165) is 19.6 Å². The monoisotopic (exact) mass is 245 g/mol. The molecule has 1 aromatic carbocycles. The Morgan fingerprint density at radius 2 is 1.89 bits per heavy atom. The first kappa shape index (κ1) is 13.3. The number of Topliss-reactive ketones (excluding diaryl/α,β-unsaturated/α-hetero) is 1. The quantitative estimate of drug-likeness (QED) is 0.812. The molecule has 1 unspecified atom stereocenters. The Morgan fingerprint density at radius 3 is 2.50 bits per heavy atom. The van der Waals surface area contributed by atoms with Crippen LogP contribution in [0, 0.1) is 6.92 Å². The first-order valence-corrected chi connectivity index (χ1v) is 6.97. The van der Waals surface area contributed by atoms with Crippen molar-refractivity contribution in [3.05, 3.63) is 35.4 Å². The Morgan fingerprint density at radius 1 is 1.22 bits per heavy atom. The van der Waals surface area contributed by atoms with Gasteiger partial charge in [0.1, 0.15) is 5.78 Å². The summed E-state index contributed by atoms with van der Waals surface area (Å²) in [6, 6.07) is 8.28. The fraction of sp³-hybridized carbons (Fsp3) is 0.562. The van der Waals surface area contributed by atoms with Crippen molar-refractivity contribution in [1.29, 1.82) is 0 Å². The van der Waals surface area contributed by atoms with E-state index in [4.69, 9.17) is 0 Å². The van der Waals surface area contributed by atoms with E-state index in [1.807, 2.05) is 12.1 Å². The molecule has 0 N–H and O–H groups in total. The van der Waals surface area contributed by atoms with Gasteiger partial charge in [-0.2, -0.15) is 0 Å². The van der Waals surface area contributed by atoms with Gasteiger partial charge in [0, 0.05) is 6.54 Å². The van der Waals surface area contributed by atoms with E-state index in [-0.39, 0.29) is 11.7 Å². The van der Waals surface area contributed by atoms with Gasteiger partial charge in [-0.3, -0.25) is 4.79 Å². The second kappa shape index (κ2) is 6.14. The molecule has 1 heterocycles. The van der Waals surface area contributed by atoms with E-state index in [0.29, 0.717) is 0 Å². The van der Waals surface area contributed by atoms with Gasteiger partial charge >= 0.3 is 0 Å². The summed E-state index contributed by atoms with van der Waals surface area (Å²) in [5.74, 6) is 0.333. The van der Waals surface area contributed by atoms with Gasteiger partial charge in [-0.05, 0) is 50.9 Å². The molecule has 1 saturated heterocycles. The third kappa shape index (κ3) is 3.20. The molecule has 98 valence electrons. The lowest BCUT2D eigenvalue weighted by molar-refractivity contribution is -0.118.